The molecule has 1 N–H and O–H groups in total. The molecule has 1 aliphatic rings. The van der Waals surface area contributed by atoms with Gasteiger partial charge in [-0.2, -0.15) is 0 Å². The van der Waals surface area contributed by atoms with Crippen molar-refractivity contribution in [3.63, 3.8) is 0 Å². The molecule has 0 spiro atoms. The number of hydrogen-bond donors (Lipinski definition) is 1. The van der Waals surface area contributed by atoms with Crippen LogP contribution in [0.5, 0.6) is 0 Å². The first-order valence-electron chi connectivity index (χ1n) is 8.80. The Hall–Kier alpha value is -1.54. The fraction of sp³-hybridized carbons (Fsp3) is 0.500. The van der Waals surface area contributed by atoms with Crippen LogP contribution in [0.3, 0.4) is 0 Å². The molecule has 0 aliphatic carbocycles. The minimum absolute atomic E-state index is 0.00912. The lowest BCUT2D eigenvalue weighted by atomic mass is 10.3. The predicted molar refractivity (Wildman–Crippen MR) is 103 cm³/mol. The number of rotatable bonds is 8. The number of carbonyl (C=O) groups is 1. The molecule has 2 amide bonds. The number of carbonyl (C=O) groups excluding carboxylic acids is 1. The number of hydrogen-bond acceptors (Lipinski definition) is 5. The number of thiophene rings is 1. The van der Waals surface area contributed by atoms with Gasteiger partial charge in [-0.3, -0.25) is 4.90 Å². The molecule has 2 aromatic heterocycles. The monoisotopic (exact) mass is 397 g/mol. The van der Waals surface area contributed by atoms with Crippen molar-refractivity contribution in [3.8, 4) is 0 Å². The summed E-state index contributed by atoms with van der Waals surface area (Å²) in [4.78, 5) is 17.7. The van der Waals surface area contributed by atoms with Gasteiger partial charge in [-0.15, -0.1) is 11.3 Å². The summed E-state index contributed by atoms with van der Waals surface area (Å²) in [6.45, 7) is 5.85. The van der Waals surface area contributed by atoms with Gasteiger partial charge in [0.15, 0.2) is 0 Å². The maximum absolute atomic E-state index is 12.2. The van der Waals surface area contributed by atoms with Gasteiger partial charge in [0.05, 0.1) is 10.6 Å². The van der Waals surface area contributed by atoms with Gasteiger partial charge in [-0.25, -0.2) is 4.79 Å². The summed E-state index contributed by atoms with van der Waals surface area (Å²) in [6, 6.07) is 7.74. The number of furan rings is 1. The van der Waals surface area contributed by atoms with E-state index in [0.717, 1.165) is 49.2 Å². The van der Waals surface area contributed by atoms with E-state index in [1.165, 1.54) is 4.88 Å². The van der Waals surface area contributed by atoms with E-state index in [2.05, 4.69) is 16.3 Å². The fourth-order valence-electron chi connectivity index (χ4n) is 2.82. The molecule has 3 heterocycles. The average Bonchev–Trinajstić information content (AvgIpc) is 3.30. The zero-order chi connectivity index (χ0) is 18.2. The van der Waals surface area contributed by atoms with Crippen molar-refractivity contribution < 1.29 is 13.9 Å². The van der Waals surface area contributed by atoms with Crippen LogP contribution in [0.1, 0.15) is 17.1 Å². The number of nitrogens with one attached hydrogen (secondary N) is 1. The third-order valence-electron chi connectivity index (χ3n) is 4.23. The Morgan fingerprint density at radius 2 is 2.12 bits per heavy atom. The van der Waals surface area contributed by atoms with Crippen molar-refractivity contribution in [2.45, 2.75) is 19.6 Å². The molecule has 8 heteroatoms. The van der Waals surface area contributed by atoms with Crippen LogP contribution in [0, 0.1) is 0 Å². The number of urea groups is 1. The summed E-state index contributed by atoms with van der Waals surface area (Å²) >= 11 is 7.59. The molecule has 0 saturated carbocycles. The highest BCUT2D eigenvalue weighted by Crippen LogP contribution is 2.23. The van der Waals surface area contributed by atoms with E-state index in [1.54, 1.807) is 17.6 Å². The third-order valence-corrected chi connectivity index (χ3v) is 5.45. The van der Waals surface area contributed by atoms with Crippen LogP contribution in [0.15, 0.2) is 34.9 Å². The molecule has 0 bridgehead atoms. The number of amides is 2. The quantitative estimate of drug-likeness (QED) is 0.693. The largest absolute Gasteiger partial charge is 0.467 e. The van der Waals surface area contributed by atoms with Gasteiger partial charge in [0.1, 0.15) is 12.4 Å². The van der Waals surface area contributed by atoms with Crippen LogP contribution in [0.4, 0.5) is 4.79 Å². The Morgan fingerprint density at radius 3 is 2.81 bits per heavy atom. The summed E-state index contributed by atoms with van der Waals surface area (Å²) in [5, 5.41) is 2.96. The second-order valence-corrected chi connectivity index (χ2v) is 7.99. The number of piperazine rings is 1. The first-order chi connectivity index (χ1) is 12.7. The summed E-state index contributed by atoms with van der Waals surface area (Å²) in [7, 11) is 0. The number of ether oxygens (including phenoxy) is 1. The van der Waals surface area contributed by atoms with Gasteiger partial charge < -0.3 is 19.4 Å². The summed E-state index contributed by atoms with van der Waals surface area (Å²) in [5.41, 5.74) is 0. The highest BCUT2D eigenvalue weighted by molar-refractivity contribution is 7.16. The summed E-state index contributed by atoms with van der Waals surface area (Å²) in [5.74, 6) is 0.816. The lowest BCUT2D eigenvalue weighted by molar-refractivity contribution is 0.103. The first-order valence-corrected chi connectivity index (χ1v) is 9.99. The SMILES string of the molecule is O=C(NCCCOCc1ccco1)N1CCN(Cc2ccc(Cl)s2)CC1. The molecule has 1 saturated heterocycles. The topological polar surface area (TPSA) is 58.0 Å². The first kappa shape index (κ1) is 19.2. The molecular weight excluding hydrogens is 374 g/mol. The van der Waals surface area contributed by atoms with Crippen molar-refractivity contribution in [2.24, 2.45) is 0 Å². The fourth-order valence-corrected chi connectivity index (χ4v) is 3.95. The number of nitrogens with zero attached hydrogens (tertiary/aromatic N) is 2. The third kappa shape index (κ3) is 6.02. The van der Waals surface area contributed by atoms with Gasteiger partial charge in [0.2, 0.25) is 0 Å². The Bertz CT molecular complexity index is 669. The van der Waals surface area contributed by atoms with Gasteiger partial charge in [-0.1, -0.05) is 11.6 Å². The standard InChI is InChI=1S/C18H24ClN3O3S/c19-17-5-4-16(26-17)13-21-7-9-22(10-8-21)18(23)20-6-2-11-24-14-15-3-1-12-25-15/h1,3-5,12H,2,6-11,13-14H2,(H,20,23). The molecule has 2 aromatic rings. The average molecular weight is 398 g/mol. The molecule has 6 nitrogen and oxygen atoms in total. The van der Waals surface area contributed by atoms with E-state index in [-0.39, 0.29) is 6.03 Å². The van der Waals surface area contributed by atoms with Crippen molar-refractivity contribution in [2.75, 3.05) is 39.3 Å². The predicted octanol–water partition coefficient (Wildman–Crippen LogP) is 3.43. The second-order valence-electron chi connectivity index (χ2n) is 6.19. The van der Waals surface area contributed by atoms with Crippen LogP contribution in [-0.4, -0.2) is 55.2 Å². The van der Waals surface area contributed by atoms with Crippen molar-refractivity contribution >= 4 is 29.0 Å². The van der Waals surface area contributed by atoms with Crippen LogP contribution in [0.25, 0.3) is 0 Å². The van der Waals surface area contributed by atoms with Crippen LogP contribution < -0.4 is 5.32 Å². The van der Waals surface area contributed by atoms with Crippen LogP contribution >= 0.6 is 22.9 Å². The molecule has 3 rings (SSSR count). The van der Waals surface area contributed by atoms with Gasteiger partial charge in [-0.05, 0) is 30.7 Å². The smallest absolute Gasteiger partial charge is 0.317 e. The van der Waals surface area contributed by atoms with Gasteiger partial charge >= 0.3 is 6.03 Å². The van der Waals surface area contributed by atoms with Crippen molar-refractivity contribution in [1.29, 1.82) is 0 Å². The molecule has 26 heavy (non-hydrogen) atoms. The number of halogens is 1. The van der Waals surface area contributed by atoms with Crippen LogP contribution in [-0.2, 0) is 17.9 Å². The lowest BCUT2D eigenvalue weighted by Gasteiger charge is -2.34. The lowest BCUT2D eigenvalue weighted by Crippen LogP contribution is -2.51. The molecule has 142 valence electrons. The van der Waals surface area contributed by atoms with E-state index >= 15 is 0 Å². The van der Waals surface area contributed by atoms with Gasteiger partial charge in [0.25, 0.3) is 0 Å². The normalized spacial score (nSPS) is 15.3. The van der Waals surface area contributed by atoms with E-state index in [1.807, 2.05) is 23.1 Å². The summed E-state index contributed by atoms with van der Waals surface area (Å²) in [6.07, 6.45) is 2.42. The van der Waals surface area contributed by atoms with Crippen LogP contribution in [0.2, 0.25) is 4.34 Å². The van der Waals surface area contributed by atoms with Crippen molar-refractivity contribution in [1.82, 2.24) is 15.1 Å². The molecule has 0 atom stereocenters. The molecule has 1 aliphatic heterocycles. The zero-order valence-electron chi connectivity index (χ0n) is 14.7. The summed E-state index contributed by atoms with van der Waals surface area (Å²) < 4.78 is 11.5. The minimum atomic E-state index is 0.00912. The maximum Gasteiger partial charge on any atom is 0.317 e. The minimum Gasteiger partial charge on any atom is -0.467 e. The molecule has 0 aromatic carbocycles. The maximum atomic E-state index is 12.2. The van der Waals surface area contributed by atoms with E-state index in [9.17, 15) is 4.79 Å². The Kier molecular flexibility index (Phi) is 7.37. The highest BCUT2D eigenvalue weighted by Gasteiger charge is 2.21. The highest BCUT2D eigenvalue weighted by atomic mass is 35.5. The Morgan fingerprint density at radius 1 is 1.27 bits per heavy atom. The molecule has 0 unspecified atom stereocenters. The van der Waals surface area contributed by atoms with E-state index in [4.69, 9.17) is 20.8 Å². The van der Waals surface area contributed by atoms with E-state index in [0.29, 0.717) is 19.8 Å². The second kappa shape index (κ2) is 9.97. The van der Waals surface area contributed by atoms with Crippen molar-refractivity contribution in [3.05, 3.63) is 45.5 Å². The zero-order valence-corrected chi connectivity index (χ0v) is 16.2. The molecule has 0 radical (unpaired) electrons. The molecule has 1 fully saturated rings. The Balaban J connectivity index is 1.25. The Labute approximate surface area is 162 Å². The molecular formula is C18H24ClN3O3S. The van der Waals surface area contributed by atoms with E-state index < -0.39 is 0 Å². The van der Waals surface area contributed by atoms with Gasteiger partial charge in [0, 0.05) is 50.8 Å².